The van der Waals surface area contributed by atoms with E-state index in [1.807, 2.05) is 0 Å². The summed E-state index contributed by atoms with van der Waals surface area (Å²) in [5.41, 5.74) is 12.7. The third kappa shape index (κ3) is 1.70. The molecule has 0 bridgehead atoms. The first-order chi connectivity index (χ1) is 9.97. The highest BCUT2D eigenvalue weighted by Gasteiger charge is 2.34. The van der Waals surface area contributed by atoms with Crippen LogP contribution in [0.2, 0.25) is 0 Å². The van der Waals surface area contributed by atoms with Crippen molar-refractivity contribution in [3.63, 3.8) is 0 Å². The fourth-order valence-electron chi connectivity index (χ4n) is 4.21. The van der Waals surface area contributed by atoms with E-state index < -0.39 is 0 Å². The Labute approximate surface area is 128 Å². The molecule has 3 aliphatic rings. The van der Waals surface area contributed by atoms with E-state index in [1.165, 1.54) is 25.0 Å². The SMILES string of the molecule is CC(C)C1=CC2=C(C1)c1c(c3c(n1C)C=C(C(C)C)C3)C2. The number of hydrogen-bond donors (Lipinski definition) is 0. The Kier molecular flexibility index (Phi) is 2.67. The standard InChI is InChI=1S/C20H25N/c1-11(2)13-6-15-9-18-17-8-14(12(3)4)10-19(17)21(5)20(18)16(15)7-13/h6,10-12H,7-9H2,1-5H3. The van der Waals surface area contributed by atoms with E-state index >= 15 is 0 Å². The Balaban J connectivity index is 1.75. The summed E-state index contributed by atoms with van der Waals surface area (Å²) in [7, 11) is 2.26. The lowest BCUT2D eigenvalue weighted by Crippen LogP contribution is -2.00. The first-order valence-electron chi connectivity index (χ1n) is 8.31. The molecule has 0 spiro atoms. The molecule has 0 amide bonds. The molecule has 1 heterocycles. The van der Waals surface area contributed by atoms with E-state index in [4.69, 9.17) is 0 Å². The Hall–Kier alpha value is -1.50. The lowest BCUT2D eigenvalue weighted by Gasteiger charge is -2.11. The van der Waals surface area contributed by atoms with Gasteiger partial charge in [-0.15, -0.1) is 0 Å². The van der Waals surface area contributed by atoms with Crippen molar-refractivity contribution in [2.24, 2.45) is 18.9 Å². The van der Waals surface area contributed by atoms with Crippen LogP contribution in [-0.4, -0.2) is 4.57 Å². The molecule has 4 rings (SSSR count). The van der Waals surface area contributed by atoms with Crippen molar-refractivity contribution in [2.45, 2.75) is 47.0 Å². The van der Waals surface area contributed by atoms with Gasteiger partial charge in [0.05, 0.1) is 0 Å². The molecule has 110 valence electrons. The van der Waals surface area contributed by atoms with E-state index in [1.54, 1.807) is 39.1 Å². The highest BCUT2D eigenvalue weighted by molar-refractivity contribution is 5.85. The zero-order valence-electron chi connectivity index (χ0n) is 13.9. The predicted molar refractivity (Wildman–Crippen MR) is 90.1 cm³/mol. The lowest BCUT2D eigenvalue weighted by atomic mass is 9.96. The van der Waals surface area contributed by atoms with Crippen LogP contribution in [0.25, 0.3) is 11.6 Å². The summed E-state index contributed by atoms with van der Waals surface area (Å²) in [5.74, 6) is 1.35. The van der Waals surface area contributed by atoms with Crippen LogP contribution in [0, 0.1) is 11.8 Å². The van der Waals surface area contributed by atoms with E-state index in [-0.39, 0.29) is 0 Å². The summed E-state index contributed by atoms with van der Waals surface area (Å²) >= 11 is 0. The Morgan fingerprint density at radius 3 is 2.19 bits per heavy atom. The Morgan fingerprint density at radius 1 is 0.857 bits per heavy atom. The Morgan fingerprint density at radius 2 is 1.52 bits per heavy atom. The Bertz CT molecular complexity index is 732. The van der Waals surface area contributed by atoms with Crippen LogP contribution < -0.4 is 0 Å². The van der Waals surface area contributed by atoms with E-state index in [2.05, 4.69) is 51.5 Å². The number of aromatic nitrogens is 1. The van der Waals surface area contributed by atoms with Crippen LogP contribution in [0.5, 0.6) is 0 Å². The molecule has 0 N–H and O–H groups in total. The summed E-state index contributed by atoms with van der Waals surface area (Å²) < 4.78 is 2.47. The van der Waals surface area contributed by atoms with Gasteiger partial charge in [-0.05, 0) is 53.0 Å². The maximum atomic E-state index is 2.48. The second kappa shape index (κ2) is 4.25. The molecular formula is C20H25N. The van der Waals surface area contributed by atoms with Gasteiger partial charge in [-0.25, -0.2) is 0 Å². The van der Waals surface area contributed by atoms with Gasteiger partial charge in [-0.3, -0.25) is 0 Å². The number of nitrogens with zero attached hydrogens (tertiary/aromatic N) is 1. The third-order valence-electron chi connectivity index (χ3n) is 5.62. The first-order valence-corrected chi connectivity index (χ1v) is 8.31. The first kappa shape index (κ1) is 13.2. The topological polar surface area (TPSA) is 4.93 Å². The highest BCUT2D eigenvalue weighted by atomic mass is 15.0. The maximum Gasteiger partial charge on any atom is 0.0486 e. The van der Waals surface area contributed by atoms with Crippen molar-refractivity contribution >= 4 is 11.6 Å². The van der Waals surface area contributed by atoms with Crippen molar-refractivity contribution in [1.29, 1.82) is 0 Å². The summed E-state index contributed by atoms with van der Waals surface area (Å²) in [4.78, 5) is 0. The number of hydrogen-bond acceptors (Lipinski definition) is 0. The van der Waals surface area contributed by atoms with Gasteiger partial charge in [0.25, 0.3) is 0 Å². The molecule has 0 aromatic carbocycles. The van der Waals surface area contributed by atoms with Crippen LogP contribution in [-0.2, 0) is 19.9 Å². The molecular weight excluding hydrogens is 254 g/mol. The van der Waals surface area contributed by atoms with Gasteiger partial charge in [-0.1, -0.05) is 44.9 Å². The van der Waals surface area contributed by atoms with Crippen LogP contribution in [0.1, 0.15) is 56.6 Å². The molecule has 0 fully saturated rings. The monoisotopic (exact) mass is 279 g/mol. The molecule has 0 unspecified atom stereocenters. The third-order valence-corrected chi connectivity index (χ3v) is 5.62. The molecule has 0 atom stereocenters. The maximum absolute atomic E-state index is 2.48. The van der Waals surface area contributed by atoms with Crippen molar-refractivity contribution in [3.8, 4) is 0 Å². The van der Waals surface area contributed by atoms with Gasteiger partial charge in [0, 0.05) is 24.9 Å². The van der Waals surface area contributed by atoms with Crippen LogP contribution >= 0.6 is 0 Å². The molecule has 0 saturated heterocycles. The minimum absolute atomic E-state index is 0.668. The molecule has 1 aromatic rings. The smallest absolute Gasteiger partial charge is 0.0486 e. The highest BCUT2D eigenvalue weighted by Crippen LogP contribution is 2.48. The molecule has 3 aliphatic carbocycles. The molecule has 1 aromatic heterocycles. The fourth-order valence-corrected chi connectivity index (χ4v) is 4.21. The van der Waals surface area contributed by atoms with E-state index in [9.17, 15) is 0 Å². The predicted octanol–water partition coefficient (Wildman–Crippen LogP) is 4.92. The van der Waals surface area contributed by atoms with E-state index in [0.717, 1.165) is 0 Å². The van der Waals surface area contributed by atoms with Crippen LogP contribution in [0.3, 0.4) is 0 Å². The second-order valence-corrected chi connectivity index (χ2v) is 7.53. The molecule has 0 radical (unpaired) electrons. The molecule has 1 nitrogen and oxygen atoms in total. The van der Waals surface area contributed by atoms with Crippen molar-refractivity contribution in [2.75, 3.05) is 0 Å². The summed E-state index contributed by atoms with van der Waals surface area (Å²) in [5, 5.41) is 0. The lowest BCUT2D eigenvalue weighted by molar-refractivity contribution is 0.750. The number of fused-ring (bicyclic) bond motifs is 4. The van der Waals surface area contributed by atoms with Gasteiger partial charge in [0.1, 0.15) is 0 Å². The largest absolute Gasteiger partial charge is 0.344 e. The second-order valence-electron chi connectivity index (χ2n) is 7.53. The van der Waals surface area contributed by atoms with Crippen molar-refractivity contribution < 1.29 is 0 Å². The zero-order chi connectivity index (χ0) is 14.9. The number of allylic oxidation sites excluding steroid dienone is 5. The van der Waals surface area contributed by atoms with Gasteiger partial charge in [0.15, 0.2) is 0 Å². The molecule has 0 aliphatic heterocycles. The quantitative estimate of drug-likeness (QED) is 0.724. The van der Waals surface area contributed by atoms with Gasteiger partial charge in [-0.2, -0.15) is 0 Å². The minimum Gasteiger partial charge on any atom is -0.344 e. The van der Waals surface area contributed by atoms with Gasteiger partial charge < -0.3 is 4.57 Å². The normalized spacial score (nSPS) is 19.4. The average Bonchev–Trinajstić information content (AvgIpc) is 3.10. The zero-order valence-corrected chi connectivity index (χ0v) is 13.9. The molecule has 21 heavy (non-hydrogen) atoms. The van der Waals surface area contributed by atoms with Gasteiger partial charge in [0.2, 0.25) is 0 Å². The van der Waals surface area contributed by atoms with Crippen LogP contribution in [0.15, 0.2) is 22.8 Å². The minimum atomic E-state index is 0.668. The van der Waals surface area contributed by atoms with Crippen molar-refractivity contribution in [1.82, 2.24) is 4.57 Å². The average molecular weight is 279 g/mol. The number of rotatable bonds is 2. The fraction of sp³-hybridized carbons (Fsp3) is 0.500. The summed E-state index contributed by atoms with van der Waals surface area (Å²) in [6, 6.07) is 0. The van der Waals surface area contributed by atoms with E-state index in [0.29, 0.717) is 11.8 Å². The molecule has 0 saturated carbocycles. The molecule has 1 heteroatoms. The van der Waals surface area contributed by atoms with Crippen molar-refractivity contribution in [3.05, 3.63) is 45.3 Å². The van der Waals surface area contributed by atoms with Crippen LogP contribution in [0.4, 0.5) is 0 Å². The summed E-state index contributed by atoms with van der Waals surface area (Å²) in [6.07, 6.45) is 8.46. The summed E-state index contributed by atoms with van der Waals surface area (Å²) in [6.45, 7) is 9.26. The van der Waals surface area contributed by atoms with Gasteiger partial charge >= 0.3 is 0 Å².